The van der Waals surface area contributed by atoms with Gasteiger partial charge in [-0.25, -0.2) is 0 Å². The van der Waals surface area contributed by atoms with E-state index in [-0.39, 0.29) is 17.2 Å². The predicted octanol–water partition coefficient (Wildman–Crippen LogP) is 5.20. The summed E-state index contributed by atoms with van der Waals surface area (Å²) < 4.78 is 5.40. The summed E-state index contributed by atoms with van der Waals surface area (Å²) in [5.41, 5.74) is 0.706. The molecule has 0 aliphatic rings. The van der Waals surface area contributed by atoms with E-state index in [1.807, 2.05) is 6.07 Å². The molecule has 7 heteroatoms. The Morgan fingerprint density at radius 1 is 1.19 bits per heavy atom. The van der Waals surface area contributed by atoms with Gasteiger partial charge < -0.3 is 10.1 Å². The maximum atomic E-state index is 12.4. The molecule has 0 aliphatic heterocycles. The van der Waals surface area contributed by atoms with Crippen molar-refractivity contribution in [1.82, 2.24) is 0 Å². The molecule has 0 saturated heterocycles. The Kier molecular flexibility index (Phi) is 6.95. The Bertz CT molecular complexity index is 956. The first kappa shape index (κ1) is 19.7. The molecular formula is C19H11Cl3N2O2. The monoisotopic (exact) mass is 404 g/mol. The van der Waals surface area contributed by atoms with E-state index in [4.69, 9.17) is 46.0 Å². The quantitative estimate of drug-likeness (QED) is 0.422. The summed E-state index contributed by atoms with van der Waals surface area (Å²) in [4.78, 5) is 12.4. The summed E-state index contributed by atoms with van der Waals surface area (Å²) >= 11 is 17.7. The lowest BCUT2D eigenvalue weighted by atomic mass is 10.1. The van der Waals surface area contributed by atoms with Gasteiger partial charge in [0.2, 0.25) is 0 Å². The average molecular weight is 406 g/mol. The second-order valence-corrected chi connectivity index (χ2v) is 6.18. The molecule has 2 aromatic carbocycles. The van der Waals surface area contributed by atoms with E-state index in [0.29, 0.717) is 27.0 Å². The lowest BCUT2D eigenvalue weighted by Gasteiger charge is -2.09. The van der Waals surface area contributed by atoms with Crippen LogP contribution in [0.25, 0.3) is 6.08 Å². The van der Waals surface area contributed by atoms with Gasteiger partial charge in [0.25, 0.3) is 5.91 Å². The van der Waals surface area contributed by atoms with Gasteiger partial charge >= 0.3 is 0 Å². The first-order valence-electron chi connectivity index (χ1n) is 7.18. The molecule has 0 aliphatic carbocycles. The lowest BCUT2D eigenvalue weighted by molar-refractivity contribution is -0.112. The molecule has 0 heterocycles. The van der Waals surface area contributed by atoms with E-state index in [0.717, 1.165) is 0 Å². The molecule has 0 saturated carbocycles. The SMILES string of the molecule is C#CCOc1ccc(Cl)cc1/C=C(\C#N)C(=O)Nc1ccc(Cl)c(Cl)c1. The molecule has 0 unspecified atom stereocenters. The third-order valence-corrected chi connectivity index (χ3v) is 4.10. The van der Waals surface area contributed by atoms with Crippen molar-refractivity contribution in [3.8, 4) is 24.2 Å². The van der Waals surface area contributed by atoms with Gasteiger partial charge in [0.15, 0.2) is 0 Å². The summed E-state index contributed by atoms with van der Waals surface area (Å²) in [6, 6.07) is 11.2. The van der Waals surface area contributed by atoms with Crippen molar-refractivity contribution < 1.29 is 9.53 Å². The third-order valence-electron chi connectivity index (χ3n) is 3.13. The number of carbonyl (C=O) groups is 1. The highest BCUT2D eigenvalue weighted by Gasteiger charge is 2.12. The maximum absolute atomic E-state index is 12.4. The first-order valence-corrected chi connectivity index (χ1v) is 8.32. The third kappa shape index (κ3) is 5.18. The molecule has 0 spiro atoms. The van der Waals surface area contributed by atoms with Crippen molar-refractivity contribution in [2.45, 2.75) is 0 Å². The fourth-order valence-electron chi connectivity index (χ4n) is 1.96. The van der Waals surface area contributed by atoms with Crippen LogP contribution in [0.3, 0.4) is 0 Å². The number of carbonyl (C=O) groups excluding carboxylic acids is 1. The number of hydrogen-bond acceptors (Lipinski definition) is 3. The molecule has 1 N–H and O–H groups in total. The number of terminal acetylenes is 1. The Labute approximate surface area is 165 Å². The van der Waals surface area contributed by atoms with Crippen LogP contribution in [0.1, 0.15) is 5.56 Å². The molecule has 2 rings (SSSR count). The molecular weight excluding hydrogens is 395 g/mol. The van der Waals surface area contributed by atoms with Crippen molar-refractivity contribution in [2.75, 3.05) is 11.9 Å². The topological polar surface area (TPSA) is 62.1 Å². The number of halogens is 3. The van der Waals surface area contributed by atoms with Gasteiger partial charge in [0.1, 0.15) is 24.0 Å². The summed E-state index contributed by atoms with van der Waals surface area (Å²) in [7, 11) is 0. The van der Waals surface area contributed by atoms with Crippen LogP contribution < -0.4 is 10.1 Å². The predicted molar refractivity (Wildman–Crippen MR) is 104 cm³/mol. The minimum Gasteiger partial charge on any atom is -0.480 e. The Morgan fingerprint density at radius 2 is 1.96 bits per heavy atom. The van der Waals surface area contributed by atoms with E-state index in [9.17, 15) is 10.1 Å². The fourth-order valence-corrected chi connectivity index (χ4v) is 2.44. The van der Waals surface area contributed by atoms with Crippen LogP contribution in [0, 0.1) is 23.7 Å². The number of nitriles is 1. The van der Waals surface area contributed by atoms with Gasteiger partial charge in [0.05, 0.1) is 10.0 Å². The summed E-state index contributed by atoms with van der Waals surface area (Å²) in [5.74, 6) is 2.14. The van der Waals surface area contributed by atoms with Gasteiger partial charge in [-0.05, 0) is 42.5 Å². The number of nitrogens with zero attached hydrogens (tertiary/aromatic N) is 1. The van der Waals surface area contributed by atoms with Crippen LogP contribution in [0.5, 0.6) is 5.75 Å². The summed E-state index contributed by atoms with van der Waals surface area (Å²) in [5, 5.41) is 13.0. The van der Waals surface area contributed by atoms with Gasteiger partial charge in [-0.3, -0.25) is 4.79 Å². The zero-order valence-electron chi connectivity index (χ0n) is 13.2. The van der Waals surface area contributed by atoms with Crippen molar-refractivity contribution in [1.29, 1.82) is 5.26 Å². The summed E-state index contributed by atoms with van der Waals surface area (Å²) in [6.45, 7) is 0.0415. The van der Waals surface area contributed by atoms with Crippen LogP contribution in [0.15, 0.2) is 42.0 Å². The van der Waals surface area contributed by atoms with E-state index < -0.39 is 5.91 Å². The molecule has 0 aromatic heterocycles. The van der Waals surface area contributed by atoms with Crippen molar-refractivity contribution >= 4 is 52.5 Å². The summed E-state index contributed by atoms with van der Waals surface area (Å²) in [6.07, 6.45) is 6.55. The number of hydrogen-bond donors (Lipinski definition) is 1. The fraction of sp³-hybridized carbons (Fsp3) is 0.0526. The Morgan fingerprint density at radius 3 is 2.62 bits per heavy atom. The molecule has 26 heavy (non-hydrogen) atoms. The van der Waals surface area contributed by atoms with Gasteiger partial charge in [0, 0.05) is 16.3 Å². The van der Waals surface area contributed by atoms with Crippen molar-refractivity contribution in [3.05, 3.63) is 62.6 Å². The lowest BCUT2D eigenvalue weighted by Crippen LogP contribution is -2.13. The molecule has 4 nitrogen and oxygen atoms in total. The smallest absolute Gasteiger partial charge is 0.266 e. The second-order valence-electron chi connectivity index (χ2n) is 4.93. The number of rotatable bonds is 5. The van der Waals surface area contributed by atoms with Gasteiger partial charge in [-0.2, -0.15) is 5.26 Å². The molecule has 0 fully saturated rings. The van der Waals surface area contributed by atoms with Crippen molar-refractivity contribution in [2.24, 2.45) is 0 Å². The van der Waals surface area contributed by atoms with Crippen LogP contribution in [-0.4, -0.2) is 12.5 Å². The average Bonchev–Trinajstić information content (AvgIpc) is 2.62. The zero-order chi connectivity index (χ0) is 19.1. The standard InChI is InChI=1S/C19H11Cl3N2O2/c1-2-7-26-18-6-3-14(20)9-12(18)8-13(11-23)19(25)24-15-4-5-16(21)17(22)10-15/h1,3-6,8-10H,7H2,(H,24,25)/b13-8+. The van der Waals surface area contributed by atoms with Crippen molar-refractivity contribution in [3.63, 3.8) is 0 Å². The molecule has 2 aromatic rings. The number of nitrogens with one attached hydrogen (secondary N) is 1. The second kappa shape index (κ2) is 9.17. The van der Waals surface area contributed by atoms with E-state index in [1.54, 1.807) is 24.3 Å². The molecule has 0 bridgehead atoms. The van der Waals surface area contributed by atoms with E-state index in [2.05, 4.69) is 11.2 Å². The highest BCUT2D eigenvalue weighted by Crippen LogP contribution is 2.27. The van der Waals surface area contributed by atoms with Gasteiger partial charge in [-0.1, -0.05) is 40.7 Å². The number of benzene rings is 2. The zero-order valence-corrected chi connectivity index (χ0v) is 15.5. The van der Waals surface area contributed by atoms with Crippen LogP contribution in [0.2, 0.25) is 15.1 Å². The van der Waals surface area contributed by atoms with E-state index >= 15 is 0 Å². The van der Waals surface area contributed by atoms with Crippen LogP contribution in [0.4, 0.5) is 5.69 Å². The number of ether oxygens (including phenoxy) is 1. The minimum atomic E-state index is -0.617. The Balaban J connectivity index is 2.31. The molecule has 130 valence electrons. The first-order chi connectivity index (χ1) is 12.4. The number of anilines is 1. The molecule has 1 amide bonds. The number of amides is 1. The maximum Gasteiger partial charge on any atom is 0.266 e. The normalized spacial score (nSPS) is 10.6. The van der Waals surface area contributed by atoms with Crippen LogP contribution in [-0.2, 0) is 4.79 Å². The van der Waals surface area contributed by atoms with Crippen LogP contribution >= 0.6 is 34.8 Å². The van der Waals surface area contributed by atoms with E-state index in [1.165, 1.54) is 18.2 Å². The Hall–Kier alpha value is -2.63. The van der Waals surface area contributed by atoms with Gasteiger partial charge in [-0.15, -0.1) is 6.42 Å². The highest BCUT2D eigenvalue weighted by atomic mass is 35.5. The highest BCUT2D eigenvalue weighted by molar-refractivity contribution is 6.42. The minimum absolute atomic E-state index is 0.0415. The largest absolute Gasteiger partial charge is 0.480 e. The molecule has 0 atom stereocenters. The molecule has 0 radical (unpaired) electrons.